The number of rotatable bonds is 6. The van der Waals surface area contributed by atoms with Crippen LogP contribution in [0.4, 0.5) is 5.69 Å². The van der Waals surface area contributed by atoms with Crippen molar-refractivity contribution in [3.63, 3.8) is 0 Å². The molecule has 1 atom stereocenters. The number of nitrogens with one attached hydrogen (secondary N) is 1. The number of carbonyl (C=O) groups excluding carboxylic acids is 1. The summed E-state index contributed by atoms with van der Waals surface area (Å²) >= 11 is 0. The molecular formula is C22H26N2O2. The van der Waals surface area contributed by atoms with Gasteiger partial charge in [0.05, 0.1) is 11.6 Å². The van der Waals surface area contributed by atoms with Crippen molar-refractivity contribution in [2.45, 2.75) is 52.6 Å². The van der Waals surface area contributed by atoms with Gasteiger partial charge in [-0.1, -0.05) is 45.9 Å². The Morgan fingerprint density at radius 2 is 1.50 bits per heavy atom. The van der Waals surface area contributed by atoms with Gasteiger partial charge in [0, 0.05) is 5.69 Å². The van der Waals surface area contributed by atoms with Gasteiger partial charge in [-0.3, -0.25) is 4.79 Å². The van der Waals surface area contributed by atoms with Crippen LogP contribution in [0.3, 0.4) is 0 Å². The van der Waals surface area contributed by atoms with Crippen LogP contribution in [0.25, 0.3) is 0 Å². The number of nitriles is 1. The zero-order valence-electron chi connectivity index (χ0n) is 16.0. The number of hydrogen-bond donors (Lipinski definition) is 1. The first-order valence-corrected chi connectivity index (χ1v) is 8.94. The normalized spacial score (nSPS) is 11.9. The van der Waals surface area contributed by atoms with Crippen LogP contribution in [0.5, 0.6) is 5.75 Å². The molecule has 136 valence electrons. The van der Waals surface area contributed by atoms with Crippen molar-refractivity contribution in [2.75, 3.05) is 5.32 Å². The van der Waals surface area contributed by atoms with Gasteiger partial charge < -0.3 is 10.1 Å². The van der Waals surface area contributed by atoms with Crippen molar-refractivity contribution in [3.05, 3.63) is 59.2 Å². The van der Waals surface area contributed by atoms with Gasteiger partial charge in [0.1, 0.15) is 5.75 Å². The molecule has 0 unspecified atom stereocenters. The summed E-state index contributed by atoms with van der Waals surface area (Å²) in [6.07, 6.45) is -0.650. The van der Waals surface area contributed by atoms with Crippen LogP contribution in [0.2, 0.25) is 0 Å². The van der Waals surface area contributed by atoms with E-state index in [2.05, 4.69) is 51.2 Å². The molecule has 0 bridgehead atoms. The Hall–Kier alpha value is -2.80. The van der Waals surface area contributed by atoms with Gasteiger partial charge in [-0.15, -0.1) is 0 Å². The number of carbonyl (C=O) groups is 1. The molecule has 0 aliphatic heterocycles. The molecule has 0 saturated heterocycles. The largest absolute Gasteiger partial charge is 0.481 e. The number of ether oxygens (including phenoxy) is 1. The molecule has 0 aromatic heterocycles. The lowest BCUT2D eigenvalue weighted by atomic mass is 9.92. The first-order valence-electron chi connectivity index (χ1n) is 8.94. The van der Waals surface area contributed by atoms with E-state index < -0.39 is 6.10 Å². The van der Waals surface area contributed by atoms with E-state index in [-0.39, 0.29) is 5.91 Å². The molecule has 0 saturated carbocycles. The molecule has 2 aromatic rings. The van der Waals surface area contributed by atoms with E-state index in [1.54, 1.807) is 31.2 Å². The minimum Gasteiger partial charge on any atom is -0.481 e. The zero-order valence-corrected chi connectivity index (χ0v) is 16.0. The SMILES string of the molecule is CC(C)c1cccc(C(C)C)c1NC(=O)[C@H](C)Oc1ccc(C#N)cc1. The number of para-hydroxylation sites is 1. The minimum absolute atomic E-state index is 0.190. The van der Waals surface area contributed by atoms with E-state index in [1.165, 1.54) is 0 Å². The monoisotopic (exact) mass is 350 g/mol. The number of nitrogens with zero attached hydrogens (tertiary/aromatic N) is 1. The van der Waals surface area contributed by atoms with Crippen molar-refractivity contribution in [3.8, 4) is 11.8 Å². The molecule has 1 amide bonds. The fourth-order valence-corrected chi connectivity index (χ4v) is 2.79. The van der Waals surface area contributed by atoms with E-state index in [9.17, 15) is 4.79 Å². The molecule has 2 aromatic carbocycles. The second-order valence-electron chi connectivity index (χ2n) is 7.01. The maximum absolute atomic E-state index is 12.7. The molecule has 0 fully saturated rings. The van der Waals surface area contributed by atoms with Crippen LogP contribution in [0.15, 0.2) is 42.5 Å². The van der Waals surface area contributed by atoms with Crippen LogP contribution in [0.1, 0.15) is 63.1 Å². The van der Waals surface area contributed by atoms with Gasteiger partial charge in [0.2, 0.25) is 0 Å². The summed E-state index contributed by atoms with van der Waals surface area (Å²) in [5.74, 6) is 0.981. The van der Waals surface area contributed by atoms with Gasteiger partial charge in [0.15, 0.2) is 6.10 Å². The first-order chi connectivity index (χ1) is 12.3. The number of benzene rings is 2. The average Bonchev–Trinajstić information content (AvgIpc) is 2.62. The fraction of sp³-hybridized carbons (Fsp3) is 0.364. The van der Waals surface area contributed by atoms with Crippen LogP contribution >= 0.6 is 0 Å². The van der Waals surface area contributed by atoms with Gasteiger partial charge >= 0.3 is 0 Å². The van der Waals surface area contributed by atoms with Gasteiger partial charge in [-0.2, -0.15) is 5.26 Å². The average molecular weight is 350 g/mol. The third kappa shape index (κ3) is 4.64. The van der Waals surface area contributed by atoms with Crippen LogP contribution < -0.4 is 10.1 Å². The van der Waals surface area contributed by atoms with E-state index in [1.807, 2.05) is 6.07 Å². The van der Waals surface area contributed by atoms with Crippen molar-refractivity contribution in [1.82, 2.24) is 0 Å². The summed E-state index contributed by atoms with van der Waals surface area (Å²) in [6.45, 7) is 10.2. The predicted octanol–water partition coefficient (Wildman–Crippen LogP) is 5.21. The Morgan fingerprint density at radius 3 is 1.96 bits per heavy atom. The standard InChI is InChI=1S/C22H26N2O2/c1-14(2)19-7-6-8-20(15(3)4)21(19)24-22(25)16(5)26-18-11-9-17(13-23)10-12-18/h6-12,14-16H,1-5H3,(H,24,25)/t16-/m0/s1. The number of anilines is 1. The lowest BCUT2D eigenvalue weighted by Gasteiger charge is -2.22. The quantitative estimate of drug-likeness (QED) is 0.778. The Bertz CT molecular complexity index is 776. The van der Waals surface area contributed by atoms with Crippen molar-refractivity contribution < 1.29 is 9.53 Å². The summed E-state index contributed by atoms with van der Waals surface area (Å²) in [7, 11) is 0. The molecule has 2 rings (SSSR count). The molecule has 26 heavy (non-hydrogen) atoms. The highest BCUT2D eigenvalue weighted by Crippen LogP contribution is 2.32. The summed E-state index contributed by atoms with van der Waals surface area (Å²) in [5, 5.41) is 11.9. The lowest BCUT2D eigenvalue weighted by molar-refractivity contribution is -0.122. The van der Waals surface area contributed by atoms with Crippen LogP contribution in [-0.2, 0) is 4.79 Å². The zero-order chi connectivity index (χ0) is 19.3. The van der Waals surface area contributed by atoms with Gasteiger partial charge in [-0.25, -0.2) is 0 Å². The highest BCUT2D eigenvalue weighted by molar-refractivity contribution is 5.95. The number of hydrogen-bond acceptors (Lipinski definition) is 3. The molecular weight excluding hydrogens is 324 g/mol. The minimum atomic E-state index is -0.650. The summed E-state index contributed by atoms with van der Waals surface area (Å²) in [6, 6.07) is 14.9. The van der Waals surface area contributed by atoms with Crippen LogP contribution in [-0.4, -0.2) is 12.0 Å². The molecule has 4 nitrogen and oxygen atoms in total. The second-order valence-corrected chi connectivity index (χ2v) is 7.01. The first kappa shape index (κ1) is 19.5. The Labute approximate surface area is 155 Å². The van der Waals surface area contributed by atoms with Crippen molar-refractivity contribution in [2.24, 2.45) is 0 Å². The topological polar surface area (TPSA) is 62.1 Å². The Morgan fingerprint density at radius 1 is 0.962 bits per heavy atom. The molecule has 0 heterocycles. The molecule has 0 spiro atoms. The number of amides is 1. The Kier molecular flexibility index (Phi) is 6.41. The van der Waals surface area contributed by atoms with Gasteiger partial charge in [0.25, 0.3) is 5.91 Å². The maximum atomic E-state index is 12.7. The molecule has 1 N–H and O–H groups in total. The van der Waals surface area contributed by atoms with E-state index in [0.29, 0.717) is 23.1 Å². The van der Waals surface area contributed by atoms with E-state index in [0.717, 1.165) is 16.8 Å². The van der Waals surface area contributed by atoms with Crippen molar-refractivity contribution >= 4 is 11.6 Å². The fourth-order valence-electron chi connectivity index (χ4n) is 2.79. The molecule has 0 aliphatic rings. The second kappa shape index (κ2) is 8.53. The predicted molar refractivity (Wildman–Crippen MR) is 104 cm³/mol. The molecule has 0 radical (unpaired) electrons. The molecule has 0 aliphatic carbocycles. The highest BCUT2D eigenvalue weighted by atomic mass is 16.5. The van der Waals surface area contributed by atoms with E-state index >= 15 is 0 Å². The van der Waals surface area contributed by atoms with Crippen molar-refractivity contribution in [1.29, 1.82) is 5.26 Å². The molecule has 4 heteroatoms. The maximum Gasteiger partial charge on any atom is 0.265 e. The summed E-state index contributed by atoms with van der Waals surface area (Å²) < 4.78 is 5.73. The van der Waals surface area contributed by atoms with Gasteiger partial charge in [-0.05, 0) is 54.2 Å². The highest BCUT2D eigenvalue weighted by Gasteiger charge is 2.20. The third-order valence-corrected chi connectivity index (χ3v) is 4.29. The summed E-state index contributed by atoms with van der Waals surface area (Å²) in [5.41, 5.74) is 3.69. The Balaban J connectivity index is 2.19. The smallest absolute Gasteiger partial charge is 0.265 e. The third-order valence-electron chi connectivity index (χ3n) is 4.29. The van der Waals surface area contributed by atoms with Crippen LogP contribution in [0, 0.1) is 11.3 Å². The van der Waals surface area contributed by atoms with E-state index in [4.69, 9.17) is 10.00 Å². The summed E-state index contributed by atoms with van der Waals surface area (Å²) in [4.78, 5) is 12.7. The lowest BCUT2D eigenvalue weighted by Crippen LogP contribution is -2.31.